The maximum Gasteiger partial charge on any atom is 0.315 e. The van der Waals surface area contributed by atoms with Gasteiger partial charge in [0.2, 0.25) is 0 Å². The van der Waals surface area contributed by atoms with Gasteiger partial charge in [0, 0.05) is 6.54 Å². The van der Waals surface area contributed by atoms with E-state index in [4.69, 9.17) is 4.74 Å². The molecule has 1 heterocycles. The summed E-state index contributed by atoms with van der Waals surface area (Å²) in [6, 6.07) is 7.55. The van der Waals surface area contributed by atoms with Crippen molar-refractivity contribution in [3.8, 4) is 5.75 Å². The van der Waals surface area contributed by atoms with Gasteiger partial charge >= 0.3 is 6.03 Å². The quantitative estimate of drug-likeness (QED) is 0.817. The van der Waals surface area contributed by atoms with Crippen molar-refractivity contribution in [1.82, 2.24) is 25.4 Å². The predicted octanol–water partition coefficient (Wildman–Crippen LogP) is 1.87. The van der Waals surface area contributed by atoms with E-state index in [2.05, 4.69) is 20.8 Å². The molecule has 0 saturated carbocycles. The van der Waals surface area contributed by atoms with E-state index in [1.54, 1.807) is 6.33 Å². The second-order valence-electron chi connectivity index (χ2n) is 5.29. The molecule has 1 aromatic heterocycles. The molecule has 2 N–H and O–H groups in total. The van der Waals surface area contributed by atoms with Crippen molar-refractivity contribution in [2.24, 2.45) is 0 Å². The lowest BCUT2D eigenvalue weighted by Gasteiger charge is -2.17. The monoisotopic (exact) mass is 317 g/mol. The molecule has 0 unspecified atom stereocenters. The van der Waals surface area contributed by atoms with E-state index in [1.807, 2.05) is 49.6 Å². The molecule has 1 aromatic carbocycles. The topological polar surface area (TPSA) is 81.1 Å². The van der Waals surface area contributed by atoms with E-state index < -0.39 is 0 Å². The summed E-state index contributed by atoms with van der Waals surface area (Å²) in [5, 5.41) is 13.3. The lowest BCUT2D eigenvalue weighted by molar-refractivity contribution is 0.206. The first-order chi connectivity index (χ1) is 11.1. The number of nitrogens with one attached hydrogen (secondary N) is 2. The number of urea groups is 1. The van der Waals surface area contributed by atoms with Gasteiger partial charge in [0.15, 0.2) is 5.82 Å². The minimum absolute atomic E-state index is 0.124. The van der Waals surface area contributed by atoms with Gasteiger partial charge in [0.25, 0.3) is 0 Å². The number of para-hydroxylation sites is 1. The van der Waals surface area contributed by atoms with Crippen LogP contribution in [0.25, 0.3) is 0 Å². The van der Waals surface area contributed by atoms with Gasteiger partial charge in [-0.2, -0.15) is 0 Å². The van der Waals surface area contributed by atoms with Crippen LogP contribution in [0, 0.1) is 6.92 Å². The van der Waals surface area contributed by atoms with Gasteiger partial charge in [-0.1, -0.05) is 18.2 Å². The van der Waals surface area contributed by atoms with Crippen LogP contribution in [0.15, 0.2) is 30.6 Å². The van der Waals surface area contributed by atoms with Gasteiger partial charge in [-0.15, -0.1) is 10.2 Å². The maximum absolute atomic E-state index is 11.8. The summed E-state index contributed by atoms with van der Waals surface area (Å²) in [5.74, 6) is 1.56. The molecule has 124 valence electrons. The Morgan fingerprint density at radius 3 is 2.87 bits per heavy atom. The standard InChI is InChI=1S/C16H23N5O2/c1-4-21-11-19-20-15(21)10-18-16(22)17-9-13(3)23-14-8-6-5-7-12(14)2/h5-8,11,13H,4,9-10H2,1-3H3,(H2,17,18,22)/t13-/m1/s1. The Balaban J connectivity index is 1.72. The van der Waals surface area contributed by atoms with Crippen LogP contribution in [0.5, 0.6) is 5.75 Å². The Hall–Kier alpha value is -2.57. The molecule has 0 aliphatic carbocycles. The fourth-order valence-corrected chi connectivity index (χ4v) is 2.09. The van der Waals surface area contributed by atoms with Gasteiger partial charge in [0.05, 0.1) is 13.1 Å². The summed E-state index contributed by atoms with van der Waals surface area (Å²) in [7, 11) is 0. The molecule has 0 bridgehead atoms. The molecule has 0 spiro atoms. The first-order valence-electron chi connectivity index (χ1n) is 7.70. The van der Waals surface area contributed by atoms with E-state index in [9.17, 15) is 4.79 Å². The second-order valence-corrected chi connectivity index (χ2v) is 5.29. The zero-order valence-corrected chi connectivity index (χ0v) is 13.7. The number of benzene rings is 1. The molecule has 2 aromatic rings. The van der Waals surface area contributed by atoms with Crippen LogP contribution < -0.4 is 15.4 Å². The third kappa shape index (κ3) is 4.98. The molecule has 23 heavy (non-hydrogen) atoms. The molecule has 0 saturated heterocycles. The van der Waals surface area contributed by atoms with E-state index in [-0.39, 0.29) is 12.1 Å². The number of ether oxygens (including phenoxy) is 1. The van der Waals surface area contributed by atoms with E-state index in [1.165, 1.54) is 0 Å². The minimum Gasteiger partial charge on any atom is -0.489 e. The Morgan fingerprint density at radius 1 is 1.35 bits per heavy atom. The SMILES string of the molecule is CCn1cnnc1CNC(=O)NC[C@@H](C)Oc1ccccc1C. The van der Waals surface area contributed by atoms with E-state index in [0.717, 1.165) is 23.7 Å². The van der Waals surface area contributed by atoms with Crippen molar-refractivity contribution in [3.05, 3.63) is 42.0 Å². The number of carbonyl (C=O) groups excluding carboxylic acids is 1. The average Bonchev–Trinajstić information content (AvgIpc) is 3.00. The van der Waals surface area contributed by atoms with E-state index >= 15 is 0 Å². The summed E-state index contributed by atoms with van der Waals surface area (Å²) in [4.78, 5) is 11.8. The van der Waals surface area contributed by atoms with Crippen molar-refractivity contribution in [1.29, 1.82) is 0 Å². The summed E-state index contributed by atoms with van der Waals surface area (Å²) < 4.78 is 7.69. The van der Waals surface area contributed by atoms with Crippen molar-refractivity contribution < 1.29 is 9.53 Å². The summed E-state index contributed by atoms with van der Waals surface area (Å²) in [6.07, 6.45) is 1.52. The van der Waals surface area contributed by atoms with Gasteiger partial charge < -0.3 is 19.9 Å². The highest BCUT2D eigenvalue weighted by atomic mass is 16.5. The number of nitrogens with zero attached hydrogens (tertiary/aromatic N) is 3. The predicted molar refractivity (Wildman–Crippen MR) is 87.2 cm³/mol. The Morgan fingerprint density at radius 2 is 2.13 bits per heavy atom. The summed E-state index contributed by atoms with van der Waals surface area (Å²) >= 11 is 0. The number of carbonyl (C=O) groups is 1. The molecule has 7 heteroatoms. The minimum atomic E-state index is -0.254. The van der Waals surface area contributed by atoms with Gasteiger partial charge in [-0.05, 0) is 32.4 Å². The summed E-state index contributed by atoms with van der Waals surface area (Å²) in [6.45, 7) is 7.43. The van der Waals surface area contributed by atoms with Crippen molar-refractivity contribution in [3.63, 3.8) is 0 Å². The van der Waals surface area contributed by atoms with Crippen LogP contribution in [-0.4, -0.2) is 33.4 Å². The van der Waals surface area contributed by atoms with Crippen molar-refractivity contribution in [2.45, 2.75) is 40.0 Å². The largest absolute Gasteiger partial charge is 0.489 e. The molecular formula is C16H23N5O2. The van der Waals surface area contributed by atoms with Crippen LogP contribution in [-0.2, 0) is 13.1 Å². The zero-order valence-electron chi connectivity index (χ0n) is 13.7. The number of hydrogen-bond acceptors (Lipinski definition) is 4. The Labute approximate surface area is 136 Å². The van der Waals surface area contributed by atoms with Crippen molar-refractivity contribution >= 4 is 6.03 Å². The number of rotatable bonds is 7. The molecule has 0 aliphatic rings. The third-order valence-electron chi connectivity index (χ3n) is 3.42. The number of hydrogen-bond donors (Lipinski definition) is 2. The molecular weight excluding hydrogens is 294 g/mol. The normalized spacial score (nSPS) is 11.8. The number of aryl methyl sites for hydroxylation is 2. The lowest BCUT2D eigenvalue weighted by atomic mass is 10.2. The molecule has 0 fully saturated rings. The highest BCUT2D eigenvalue weighted by Crippen LogP contribution is 2.17. The van der Waals surface area contributed by atoms with Crippen molar-refractivity contribution in [2.75, 3.05) is 6.54 Å². The second kappa shape index (κ2) is 8.17. The number of amides is 2. The molecule has 1 atom stereocenters. The first kappa shape index (κ1) is 16.8. The highest BCUT2D eigenvalue weighted by Gasteiger charge is 2.09. The van der Waals surface area contributed by atoms with Crippen LogP contribution >= 0.6 is 0 Å². The average molecular weight is 317 g/mol. The van der Waals surface area contributed by atoms with Crippen LogP contribution in [0.2, 0.25) is 0 Å². The smallest absolute Gasteiger partial charge is 0.315 e. The zero-order chi connectivity index (χ0) is 16.7. The van der Waals surface area contributed by atoms with Gasteiger partial charge in [0.1, 0.15) is 18.2 Å². The van der Waals surface area contributed by atoms with Crippen LogP contribution in [0.3, 0.4) is 0 Å². The Kier molecular flexibility index (Phi) is 5.96. The highest BCUT2D eigenvalue weighted by molar-refractivity contribution is 5.73. The lowest BCUT2D eigenvalue weighted by Crippen LogP contribution is -2.40. The van der Waals surface area contributed by atoms with E-state index in [0.29, 0.717) is 13.1 Å². The van der Waals surface area contributed by atoms with Gasteiger partial charge in [-0.25, -0.2) is 4.79 Å². The fraction of sp³-hybridized carbons (Fsp3) is 0.438. The van der Waals surface area contributed by atoms with Gasteiger partial charge in [-0.3, -0.25) is 0 Å². The number of aromatic nitrogens is 3. The fourth-order valence-electron chi connectivity index (χ4n) is 2.09. The first-order valence-corrected chi connectivity index (χ1v) is 7.70. The molecule has 2 rings (SSSR count). The molecule has 7 nitrogen and oxygen atoms in total. The molecule has 0 radical (unpaired) electrons. The van der Waals surface area contributed by atoms with Crippen LogP contribution in [0.1, 0.15) is 25.2 Å². The van der Waals surface area contributed by atoms with Crippen LogP contribution in [0.4, 0.5) is 4.79 Å². The summed E-state index contributed by atoms with van der Waals surface area (Å²) in [5.41, 5.74) is 1.07. The maximum atomic E-state index is 11.8. The molecule has 0 aliphatic heterocycles. The third-order valence-corrected chi connectivity index (χ3v) is 3.42. The molecule has 2 amide bonds. The Bertz CT molecular complexity index is 641.